The Kier molecular flexibility index (Phi) is 3.73. The smallest absolute Gasteiger partial charge is 0.324 e. The summed E-state index contributed by atoms with van der Waals surface area (Å²) in [5, 5.41) is 9.66. The lowest BCUT2D eigenvalue weighted by Crippen LogP contribution is -2.63. The van der Waals surface area contributed by atoms with Crippen LogP contribution < -0.4 is 0 Å². The van der Waals surface area contributed by atoms with Crippen molar-refractivity contribution in [2.24, 2.45) is 0 Å². The van der Waals surface area contributed by atoms with Crippen LogP contribution in [0.5, 0.6) is 0 Å². The zero-order valence-corrected chi connectivity index (χ0v) is 10.8. The monoisotopic (exact) mass is 241 g/mol. The minimum atomic E-state index is -0.641. The Morgan fingerprint density at radius 1 is 1.29 bits per heavy atom. The molecule has 1 aliphatic carbocycles. The van der Waals surface area contributed by atoms with Crippen molar-refractivity contribution in [3.63, 3.8) is 0 Å². The van der Waals surface area contributed by atoms with Gasteiger partial charge in [-0.05, 0) is 26.7 Å². The molecule has 1 aliphatic heterocycles. The van der Waals surface area contributed by atoms with Crippen molar-refractivity contribution >= 4 is 5.97 Å². The lowest BCUT2D eigenvalue weighted by atomic mass is 9.79. The minimum Gasteiger partial charge on any atom is -0.480 e. The van der Waals surface area contributed by atoms with E-state index in [1.54, 1.807) is 0 Å². The average Bonchev–Trinajstić information content (AvgIpc) is 2.33. The molecule has 4 nitrogen and oxygen atoms in total. The Hall–Kier alpha value is -0.610. The first-order chi connectivity index (χ1) is 8.06. The number of hydrogen-bond donors (Lipinski definition) is 1. The first kappa shape index (κ1) is 12.8. The Morgan fingerprint density at radius 3 is 2.53 bits per heavy atom. The van der Waals surface area contributed by atoms with Crippen LogP contribution in [0.4, 0.5) is 0 Å². The average molecular weight is 241 g/mol. The lowest BCUT2D eigenvalue weighted by Gasteiger charge is -2.49. The van der Waals surface area contributed by atoms with Crippen LogP contribution in [0.15, 0.2) is 0 Å². The van der Waals surface area contributed by atoms with E-state index in [-0.39, 0.29) is 12.1 Å². The summed E-state index contributed by atoms with van der Waals surface area (Å²) in [5.41, 5.74) is -0.629. The fraction of sp³-hybridized carbons (Fsp3) is 0.923. The van der Waals surface area contributed by atoms with Gasteiger partial charge >= 0.3 is 5.97 Å². The predicted octanol–water partition coefficient (Wildman–Crippen LogP) is 1.88. The van der Waals surface area contributed by atoms with Gasteiger partial charge in [0.25, 0.3) is 0 Å². The van der Waals surface area contributed by atoms with Gasteiger partial charge in [-0.15, -0.1) is 0 Å². The molecule has 1 heterocycles. The summed E-state index contributed by atoms with van der Waals surface area (Å²) in [6.07, 6.45) is 4.96. The standard InChI is InChI=1S/C13H23NO3/c1-10-9-17-11(2)8-14(10)13(12(15)16)6-4-3-5-7-13/h10-11H,3-9H2,1-2H3,(H,15,16). The van der Waals surface area contributed by atoms with E-state index >= 15 is 0 Å². The SMILES string of the molecule is CC1CN(C2(C(=O)O)CCCCC2)C(C)CO1. The second-order valence-corrected chi connectivity index (χ2v) is 5.54. The number of morpholine rings is 1. The summed E-state index contributed by atoms with van der Waals surface area (Å²) >= 11 is 0. The van der Waals surface area contributed by atoms with E-state index < -0.39 is 11.5 Å². The van der Waals surface area contributed by atoms with Gasteiger partial charge in [0.05, 0.1) is 12.7 Å². The number of carbonyl (C=O) groups is 1. The molecule has 0 aromatic carbocycles. The highest BCUT2D eigenvalue weighted by Gasteiger charge is 2.48. The molecule has 0 spiro atoms. The molecule has 0 bridgehead atoms. The third kappa shape index (κ3) is 2.33. The normalized spacial score (nSPS) is 34.5. The third-order valence-corrected chi connectivity index (χ3v) is 4.24. The molecule has 1 saturated heterocycles. The zero-order valence-electron chi connectivity index (χ0n) is 10.8. The fourth-order valence-electron chi connectivity index (χ4n) is 3.26. The molecule has 0 radical (unpaired) electrons. The maximum atomic E-state index is 11.7. The summed E-state index contributed by atoms with van der Waals surface area (Å²) < 4.78 is 5.60. The van der Waals surface area contributed by atoms with Crippen LogP contribution >= 0.6 is 0 Å². The highest BCUT2D eigenvalue weighted by Crippen LogP contribution is 2.36. The second-order valence-electron chi connectivity index (χ2n) is 5.54. The largest absolute Gasteiger partial charge is 0.480 e. The third-order valence-electron chi connectivity index (χ3n) is 4.24. The number of ether oxygens (including phenoxy) is 1. The Labute approximate surface area is 103 Å². The van der Waals surface area contributed by atoms with E-state index in [4.69, 9.17) is 4.74 Å². The summed E-state index contributed by atoms with van der Waals surface area (Å²) in [5.74, 6) is -0.641. The van der Waals surface area contributed by atoms with E-state index in [9.17, 15) is 9.90 Å². The first-order valence-corrected chi connectivity index (χ1v) is 6.68. The van der Waals surface area contributed by atoms with Gasteiger partial charge in [-0.2, -0.15) is 0 Å². The molecule has 2 fully saturated rings. The fourth-order valence-corrected chi connectivity index (χ4v) is 3.26. The number of nitrogens with zero attached hydrogens (tertiary/aromatic N) is 1. The Balaban J connectivity index is 2.22. The molecule has 0 aromatic heterocycles. The molecule has 2 aliphatic rings. The number of rotatable bonds is 2. The molecule has 2 rings (SSSR count). The summed E-state index contributed by atoms with van der Waals surface area (Å²) in [4.78, 5) is 13.9. The highest BCUT2D eigenvalue weighted by molar-refractivity contribution is 5.79. The zero-order chi connectivity index (χ0) is 12.5. The van der Waals surface area contributed by atoms with Crippen molar-refractivity contribution in [2.75, 3.05) is 13.2 Å². The molecule has 4 heteroatoms. The number of aliphatic carboxylic acids is 1. The van der Waals surface area contributed by atoms with Crippen LogP contribution in [0, 0.1) is 0 Å². The van der Waals surface area contributed by atoms with Crippen LogP contribution in [0.1, 0.15) is 46.0 Å². The molecule has 2 unspecified atom stereocenters. The highest BCUT2D eigenvalue weighted by atomic mass is 16.5. The molecule has 1 saturated carbocycles. The topological polar surface area (TPSA) is 49.8 Å². The van der Waals surface area contributed by atoms with E-state index in [1.807, 2.05) is 6.92 Å². The van der Waals surface area contributed by atoms with Crippen molar-refractivity contribution in [2.45, 2.75) is 63.6 Å². The van der Waals surface area contributed by atoms with Crippen molar-refractivity contribution in [1.29, 1.82) is 0 Å². The minimum absolute atomic E-state index is 0.143. The van der Waals surface area contributed by atoms with Crippen LogP contribution in [-0.2, 0) is 9.53 Å². The van der Waals surface area contributed by atoms with E-state index in [0.29, 0.717) is 6.61 Å². The number of hydrogen-bond acceptors (Lipinski definition) is 3. The van der Waals surface area contributed by atoms with Crippen molar-refractivity contribution in [3.8, 4) is 0 Å². The number of carboxylic acids is 1. The van der Waals surface area contributed by atoms with Gasteiger partial charge in [0.1, 0.15) is 5.54 Å². The first-order valence-electron chi connectivity index (χ1n) is 6.68. The number of carboxylic acid groups (broad SMARTS) is 1. The van der Waals surface area contributed by atoms with Crippen molar-refractivity contribution in [1.82, 2.24) is 4.90 Å². The van der Waals surface area contributed by atoms with Crippen molar-refractivity contribution in [3.05, 3.63) is 0 Å². The quantitative estimate of drug-likeness (QED) is 0.802. The van der Waals surface area contributed by atoms with E-state index in [0.717, 1.165) is 32.2 Å². The maximum Gasteiger partial charge on any atom is 0.324 e. The van der Waals surface area contributed by atoms with Crippen LogP contribution in [0.3, 0.4) is 0 Å². The molecule has 17 heavy (non-hydrogen) atoms. The van der Waals surface area contributed by atoms with Gasteiger partial charge in [-0.3, -0.25) is 9.69 Å². The maximum absolute atomic E-state index is 11.7. The van der Waals surface area contributed by atoms with Gasteiger partial charge in [0.2, 0.25) is 0 Å². The van der Waals surface area contributed by atoms with Crippen LogP contribution in [0.25, 0.3) is 0 Å². The van der Waals surface area contributed by atoms with E-state index in [1.165, 1.54) is 6.42 Å². The second kappa shape index (κ2) is 4.94. The molecule has 0 aromatic rings. The Bertz CT molecular complexity index is 286. The van der Waals surface area contributed by atoms with Gasteiger partial charge in [-0.1, -0.05) is 19.3 Å². The van der Waals surface area contributed by atoms with E-state index in [2.05, 4.69) is 11.8 Å². The molecule has 1 N–H and O–H groups in total. The van der Waals surface area contributed by atoms with Gasteiger partial charge in [0.15, 0.2) is 0 Å². The Morgan fingerprint density at radius 2 is 1.94 bits per heavy atom. The lowest BCUT2D eigenvalue weighted by molar-refractivity contribution is -0.166. The summed E-state index contributed by atoms with van der Waals surface area (Å²) in [7, 11) is 0. The molecular formula is C13H23NO3. The van der Waals surface area contributed by atoms with Crippen LogP contribution in [-0.4, -0.2) is 46.8 Å². The van der Waals surface area contributed by atoms with Crippen LogP contribution in [0.2, 0.25) is 0 Å². The van der Waals surface area contributed by atoms with Gasteiger partial charge in [-0.25, -0.2) is 0 Å². The summed E-state index contributed by atoms with van der Waals surface area (Å²) in [6, 6.07) is 0.209. The molecule has 98 valence electrons. The molecular weight excluding hydrogens is 218 g/mol. The molecule has 0 amide bonds. The summed E-state index contributed by atoms with van der Waals surface area (Å²) in [6.45, 7) is 5.49. The van der Waals surface area contributed by atoms with Gasteiger partial charge in [0, 0.05) is 12.6 Å². The van der Waals surface area contributed by atoms with Gasteiger partial charge < -0.3 is 9.84 Å². The predicted molar refractivity (Wildman–Crippen MR) is 65.0 cm³/mol. The van der Waals surface area contributed by atoms with Crippen molar-refractivity contribution < 1.29 is 14.6 Å². The molecule has 2 atom stereocenters.